The van der Waals surface area contributed by atoms with Crippen molar-refractivity contribution in [3.8, 4) is 0 Å². The van der Waals surface area contributed by atoms with Gasteiger partial charge in [0.25, 0.3) is 5.91 Å². The lowest BCUT2D eigenvalue weighted by molar-refractivity contribution is 0.100. The van der Waals surface area contributed by atoms with Crippen LogP contribution in [-0.2, 0) is 6.54 Å². The molecule has 24 heavy (non-hydrogen) atoms. The van der Waals surface area contributed by atoms with Crippen molar-refractivity contribution in [1.29, 1.82) is 0 Å². The highest BCUT2D eigenvalue weighted by Gasteiger charge is 2.20. The average Bonchev–Trinajstić information content (AvgIpc) is 2.79. The molecule has 3 heterocycles. The van der Waals surface area contributed by atoms with E-state index in [1.807, 2.05) is 53.6 Å². The third-order valence-corrected chi connectivity index (χ3v) is 3.87. The lowest BCUT2D eigenvalue weighted by Gasteiger charge is -2.20. The number of pyridine rings is 1. The quantitative estimate of drug-likeness (QED) is 0.813. The summed E-state index contributed by atoms with van der Waals surface area (Å²) in [6.45, 7) is 0.693. The van der Waals surface area contributed by atoms with E-state index >= 15 is 0 Å². The topological polar surface area (TPSA) is 57.9 Å². The minimum Gasteiger partial charge on any atom is -0.329 e. The van der Waals surface area contributed by atoms with E-state index in [-0.39, 0.29) is 5.91 Å². The molecule has 1 aromatic heterocycles. The van der Waals surface area contributed by atoms with Crippen LogP contribution in [0.4, 0.5) is 0 Å². The monoisotopic (exact) mass is 314 g/mol. The molecule has 0 radical (unpaired) electrons. The van der Waals surface area contributed by atoms with Gasteiger partial charge in [0.1, 0.15) is 5.84 Å². The first-order valence-corrected chi connectivity index (χ1v) is 7.63. The van der Waals surface area contributed by atoms with E-state index in [9.17, 15) is 4.79 Å². The number of aromatic nitrogens is 1. The van der Waals surface area contributed by atoms with E-state index < -0.39 is 0 Å². The number of hydrogen-bond donors (Lipinski definition) is 0. The first-order chi connectivity index (χ1) is 11.8. The van der Waals surface area contributed by atoms with Crippen molar-refractivity contribution in [1.82, 2.24) is 9.88 Å². The summed E-state index contributed by atoms with van der Waals surface area (Å²) in [7, 11) is 0. The van der Waals surface area contributed by atoms with Gasteiger partial charge in [-0.05, 0) is 29.8 Å². The summed E-state index contributed by atoms with van der Waals surface area (Å²) in [5.41, 5.74) is 2.46. The van der Waals surface area contributed by atoms with Crippen molar-refractivity contribution in [2.75, 3.05) is 0 Å². The number of nitrogens with zero attached hydrogens (tertiary/aromatic N) is 4. The second-order valence-electron chi connectivity index (χ2n) is 5.43. The third-order valence-electron chi connectivity index (χ3n) is 3.87. The van der Waals surface area contributed by atoms with Gasteiger partial charge in [-0.15, -0.1) is 0 Å². The first kappa shape index (κ1) is 14.3. The molecule has 2 aliphatic heterocycles. The molecule has 0 bridgehead atoms. The zero-order valence-electron chi connectivity index (χ0n) is 12.8. The fourth-order valence-electron chi connectivity index (χ4n) is 2.67. The molecule has 5 heteroatoms. The highest BCUT2D eigenvalue weighted by molar-refractivity contribution is 6.16. The largest absolute Gasteiger partial charge is 0.329 e. The summed E-state index contributed by atoms with van der Waals surface area (Å²) in [5.74, 6) is 0.884. The van der Waals surface area contributed by atoms with E-state index in [4.69, 9.17) is 0 Å². The number of amides is 1. The molecule has 4 rings (SSSR count). The predicted molar refractivity (Wildman–Crippen MR) is 92.8 cm³/mol. The summed E-state index contributed by atoms with van der Waals surface area (Å²) in [6, 6.07) is 11.2. The van der Waals surface area contributed by atoms with Gasteiger partial charge >= 0.3 is 0 Å². The zero-order valence-corrected chi connectivity index (χ0v) is 12.8. The highest BCUT2D eigenvalue weighted by Crippen LogP contribution is 2.20. The Morgan fingerprint density at radius 2 is 1.92 bits per heavy atom. The molecule has 0 N–H and O–H groups in total. The van der Waals surface area contributed by atoms with Gasteiger partial charge in [-0.2, -0.15) is 4.99 Å². The van der Waals surface area contributed by atoms with Gasteiger partial charge in [0.05, 0.1) is 0 Å². The number of allylic oxidation sites excluding steroid dienone is 2. The SMILES string of the molecule is O=C(N=C1N=C2C=CC=CN2Cc2ccccc21)c1ccncc1. The van der Waals surface area contributed by atoms with Gasteiger partial charge in [-0.3, -0.25) is 9.78 Å². The Kier molecular flexibility index (Phi) is 3.59. The number of benzene rings is 1. The molecule has 0 spiro atoms. The second-order valence-corrected chi connectivity index (χ2v) is 5.43. The lowest BCUT2D eigenvalue weighted by Crippen LogP contribution is -2.24. The van der Waals surface area contributed by atoms with Crippen LogP contribution in [0.2, 0.25) is 0 Å². The van der Waals surface area contributed by atoms with E-state index in [0.717, 1.165) is 17.0 Å². The van der Waals surface area contributed by atoms with Crippen molar-refractivity contribution < 1.29 is 4.79 Å². The summed E-state index contributed by atoms with van der Waals surface area (Å²) in [4.78, 5) is 27.3. The van der Waals surface area contributed by atoms with Crippen LogP contribution in [-0.4, -0.2) is 27.5 Å². The van der Waals surface area contributed by atoms with Crippen LogP contribution in [0.3, 0.4) is 0 Å². The minimum atomic E-state index is -0.324. The van der Waals surface area contributed by atoms with Crippen molar-refractivity contribution >= 4 is 17.6 Å². The first-order valence-electron chi connectivity index (χ1n) is 7.63. The normalized spacial score (nSPS) is 17.1. The number of carbonyl (C=O) groups is 1. The van der Waals surface area contributed by atoms with E-state index in [0.29, 0.717) is 17.9 Å². The molecule has 0 atom stereocenters. The van der Waals surface area contributed by atoms with Crippen molar-refractivity contribution in [3.63, 3.8) is 0 Å². The Labute approximate surface area is 139 Å². The number of fused-ring (bicyclic) bond motifs is 2. The predicted octanol–water partition coefficient (Wildman–Crippen LogP) is 2.97. The molecule has 0 aliphatic carbocycles. The maximum atomic E-state index is 12.5. The van der Waals surface area contributed by atoms with E-state index in [2.05, 4.69) is 15.0 Å². The maximum Gasteiger partial charge on any atom is 0.279 e. The Morgan fingerprint density at radius 1 is 1.08 bits per heavy atom. The Morgan fingerprint density at radius 3 is 2.79 bits per heavy atom. The summed E-state index contributed by atoms with van der Waals surface area (Å²) in [5, 5.41) is 0. The minimum absolute atomic E-state index is 0.324. The fourth-order valence-corrected chi connectivity index (χ4v) is 2.67. The molecule has 0 saturated heterocycles. The van der Waals surface area contributed by atoms with Crippen molar-refractivity contribution in [3.05, 3.63) is 89.9 Å². The molecule has 116 valence electrons. The maximum absolute atomic E-state index is 12.5. The molecular weight excluding hydrogens is 300 g/mol. The van der Waals surface area contributed by atoms with Gasteiger partial charge in [0, 0.05) is 36.3 Å². The molecule has 1 amide bonds. The summed E-state index contributed by atoms with van der Waals surface area (Å²) < 4.78 is 0. The Balaban J connectivity index is 1.82. The number of rotatable bonds is 1. The number of amidine groups is 2. The summed E-state index contributed by atoms with van der Waals surface area (Å²) >= 11 is 0. The van der Waals surface area contributed by atoms with Gasteiger partial charge in [0.2, 0.25) is 0 Å². The van der Waals surface area contributed by atoms with E-state index in [1.165, 1.54) is 0 Å². The molecule has 0 fully saturated rings. The standard InChI is InChI=1S/C19H14N4O/c24-19(14-8-10-20-11-9-14)22-18-16-6-2-1-5-15(16)13-23-12-4-3-7-17(23)21-18/h1-12H,13H2. The van der Waals surface area contributed by atoms with Crippen LogP contribution in [0.15, 0.2) is 83.2 Å². The van der Waals surface area contributed by atoms with Gasteiger partial charge in [-0.25, -0.2) is 4.99 Å². The third kappa shape index (κ3) is 2.67. The van der Waals surface area contributed by atoms with Crippen LogP contribution >= 0.6 is 0 Å². The lowest BCUT2D eigenvalue weighted by atomic mass is 10.1. The molecule has 1 aromatic carbocycles. The number of carbonyl (C=O) groups excluding carboxylic acids is 1. The number of aliphatic imine (C=N–C) groups is 2. The summed E-state index contributed by atoms with van der Waals surface area (Å²) in [6.07, 6.45) is 10.9. The Hall–Kier alpha value is -3.34. The van der Waals surface area contributed by atoms with Gasteiger partial charge in [0.15, 0.2) is 5.84 Å². The smallest absolute Gasteiger partial charge is 0.279 e. The molecule has 0 unspecified atom stereocenters. The van der Waals surface area contributed by atoms with Crippen molar-refractivity contribution in [2.24, 2.45) is 9.98 Å². The molecule has 5 nitrogen and oxygen atoms in total. The molecule has 2 aliphatic rings. The van der Waals surface area contributed by atoms with Crippen LogP contribution in [0.5, 0.6) is 0 Å². The van der Waals surface area contributed by atoms with E-state index in [1.54, 1.807) is 24.5 Å². The number of hydrogen-bond acceptors (Lipinski definition) is 3. The van der Waals surface area contributed by atoms with Gasteiger partial charge in [-0.1, -0.05) is 30.3 Å². The molecule has 0 saturated carbocycles. The average molecular weight is 314 g/mol. The van der Waals surface area contributed by atoms with Crippen LogP contribution in [0.1, 0.15) is 21.5 Å². The molecular formula is C19H14N4O. The fraction of sp³-hybridized carbons (Fsp3) is 0.0526. The molecule has 2 aromatic rings. The Bertz CT molecular complexity index is 910. The van der Waals surface area contributed by atoms with Gasteiger partial charge < -0.3 is 4.90 Å². The van der Waals surface area contributed by atoms with Crippen molar-refractivity contribution in [2.45, 2.75) is 6.54 Å². The second kappa shape index (κ2) is 6.04. The highest BCUT2D eigenvalue weighted by atomic mass is 16.1. The zero-order chi connectivity index (χ0) is 16.4. The van der Waals surface area contributed by atoms with Crippen LogP contribution in [0, 0.1) is 0 Å². The van der Waals surface area contributed by atoms with Crippen LogP contribution < -0.4 is 0 Å². The van der Waals surface area contributed by atoms with Crippen LogP contribution in [0.25, 0.3) is 0 Å².